The number of nitrogens with two attached hydrogens (primary N) is 1. The Labute approximate surface area is 183 Å². The summed E-state index contributed by atoms with van der Waals surface area (Å²) in [6.07, 6.45) is -4.71. The number of primary amides is 1. The number of hydrogen-bond acceptors (Lipinski definition) is 3. The van der Waals surface area contributed by atoms with Crippen LogP contribution in [-0.4, -0.2) is 33.2 Å². The normalized spacial score (nSPS) is 13.5. The van der Waals surface area contributed by atoms with E-state index in [1.807, 2.05) is 0 Å². The lowest BCUT2D eigenvalue weighted by Gasteiger charge is -2.28. The Morgan fingerprint density at radius 1 is 1.06 bits per heavy atom. The highest BCUT2D eigenvalue weighted by atomic mass is 19.4. The zero-order valence-electron chi connectivity index (χ0n) is 16.8. The summed E-state index contributed by atoms with van der Waals surface area (Å²) in [5.41, 5.74) is 4.48. The SMILES string of the molecule is NC(=O)c1c(-c2cccc(F)c2)nn2c1CN(C(=O)Nc1cc(C(F)(F)F)ccc1F)CC2. The highest BCUT2D eigenvalue weighted by Gasteiger charge is 2.33. The Bertz CT molecular complexity index is 1250. The van der Waals surface area contributed by atoms with E-state index in [2.05, 4.69) is 10.4 Å². The number of nitrogens with one attached hydrogen (secondary N) is 1. The minimum Gasteiger partial charge on any atom is -0.365 e. The number of urea groups is 1. The molecule has 3 aromatic rings. The van der Waals surface area contributed by atoms with Gasteiger partial charge in [-0.25, -0.2) is 13.6 Å². The standard InChI is InChI=1S/C21H16F5N5O2/c22-13-3-1-2-11(8-13)18-17(19(27)32)16-10-30(6-7-31(16)29-18)20(33)28-15-9-12(21(24,25)26)4-5-14(15)23/h1-5,8-9H,6-7,10H2,(H2,27,32)(H,28,33). The summed E-state index contributed by atoms with van der Waals surface area (Å²) < 4.78 is 67.9. The molecule has 0 spiro atoms. The molecule has 0 unspecified atom stereocenters. The Hall–Kier alpha value is -3.96. The number of halogens is 5. The van der Waals surface area contributed by atoms with E-state index in [4.69, 9.17) is 5.73 Å². The molecule has 33 heavy (non-hydrogen) atoms. The second-order valence-electron chi connectivity index (χ2n) is 7.31. The molecule has 0 saturated carbocycles. The van der Waals surface area contributed by atoms with Gasteiger partial charge in [0.25, 0.3) is 5.91 Å². The zero-order valence-corrected chi connectivity index (χ0v) is 16.8. The Kier molecular flexibility index (Phi) is 5.52. The van der Waals surface area contributed by atoms with Crippen LogP contribution in [-0.2, 0) is 19.3 Å². The van der Waals surface area contributed by atoms with Gasteiger partial charge in [0, 0.05) is 12.1 Å². The third kappa shape index (κ3) is 4.36. The van der Waals surface area contributed by atoms with Crippen LogP contribution in [0.2, 0.25) is 0 Å². The summed E-state index contributed by atoms with van der Waals surface area (Å²) in [7, 11) is 0. The van der Waals surface area contributed by atoms with E-state index in [1.165, 1.54) is 27.8 Å². The summed E-state index contributed by atoms with van der Waals surface area (Å²) in [6, 6.07) is 6.20. The lowest BCUT2D eigenvalue weighted by Crippen LogP contribution is -2.41. The number of aromatic nitrogens is 2. The van der Waals surface area contributed by atoms with Crippen molar-refractivity contribution >= 4 is 17.6 Å². The van der Waals surface area contributed by atoms with Crippen molar-refractivity contribution in [3.05, 3.63) is 70.9 Å². The molecule has 0 fully saturated rings. The van der Waals surface area contributed by atoms with Crippen molar-refractivity contribution in [3.63, 3.8) is 0 Å². The average molecular weight is 465 g/mol. The summed E-state index contributed by atoms with van der Waals surface area (Å²) >= 11 is 0. The molecular weight excluding hydrogens is 449 g/mol. The highest BCUT2D eigenvalue weighted by molar-refractivity contribution is 6.00. The van der Waals surface area contributed by atoms with Crippen LogP contribution >= 0.6 is 0 Å². The van der Waals surface area contributed by atoms with Gasteiger partial charge >= 0.3 is 12.2 Å². The van der Waals surface area contributed by atoms with E-state index in [9.17, 15) is 31.5 Å². The molecule has 0 atom stereocenters. The molecule has 172 valence electrons. The Balaban J connectivity index is 1.62. The predicted octanol–water partition coefficient (Wildman–Crippen LogP) is 3.99. The summed E-state index contributed by atoms with van der Waals surface area (Å²) in [5.74, 6) is -2.43. The predicted molar refractivity (Wildman–Crippen MR) is 107 cm³/mol. The van der Waals surface area contributed by atoms with Crippen LogP contribution in [0.5, 0.6) is 0 Å². The van der Waals surface area contributed by atoms with Crippen LogP contribution in [0.4, 0.5) is 32.4 Å². The minimum absolute atomic E-state index is 0.0108. The first-order valence-electron chi connectivity index (χ1n) is 9.62. The van der Waals surface area contributed by atoms with Gasteiger partial charge in [0.1, 0.15) is 17.3 Å². The van der Waals surface area contributed by atoms with Gasteiger partial charge in [-0.2, -0.15) is 18.3 Å². The lowest BCUT2D eigenvalue weighted by atomic mass is 10.0. The first-order chi connectivity index (χ1) is 15.5. The summed E-state index contributed by atoms with van der Waals surface area (Å²) in [4.78, 5) is 26.0. The van der Waals surface area contributed by atoms with Gasteiger partial charge in [0.2, 0.25) is 0 Å². The van der Waals surface area contributed by atoms with Crippen LogP contribution in [0.25, 0.3) is 11.3 Å². The molecule has 2 heterocycles. The number of amides is 3. The molecular formula is C21H16F5N5O2. The molecule has 0 radical (unpaired) electrons. The van der Waals surface area contributed by atoms with E-state index < -0.39 is 41.0 Å². The highest BCUT2D eigenvalue weighted by Crippen LogP contribution is 2.32. The average Bonchev–Trinajstić information content (AvgIpc) is 3.13. The van der Waals surface area contributed by atoms with E-state index in [0.717, 1.165) is 0 Å². The third-order valence-electron chi connectivity index (χ3n) is 5.15. The largest absolute Gasteiger partial charge is 0.416 e. The third-order valence-corrected chi connectivity index (χ3v) is 5.15. The molecule has 7 nitrogen and oxygen atoms in total. The van der Waals surface area contributed by atoms with Gasteiger partial charge in [0.05, 0.1) is 35.6 Å². The molecule has 1 aliphatic rings. The fourth-order valence-electron chi connectivity index (χ4n) is 3.58. The second-order valence-corrected chi connectivity index (χ2v) is 7.31. The van der Waals surface area contributed by atoms with Crippen LogP contribution < -0.4 is 11.1 Å². The number of benzene rings is 2. The number of nitrogens with zero attached hydrogens (tertiary/aromatic N) is 3. The zero-order chi connectivity index (χ0) is 23.9. The molecule has 2 aromatic carbocycles. The van der Waals surface area contributed by atoms with Crippen LogP contribution in [0, 0.1) is 11.6 Å². The van der Waals surface area contributed by atoms with E-state index in [0.29, 0.717) is 23.8 Å². The van der Waals surface area contributed by atoms with Crippen molar-refractivity contribution in [1.82, 2.24) is 14.7 Å². The first kappa shape index (κ1) is 22.2. The molecule has 0 bridgehead atoms. The molecule has 0 saturated heterocycles. The number of alkyl halides is 3. The van der Waals surface area contributed by atoms with Crippen molar-refractivity contribution in [3.8, 4) is 11.3 Å². The number of anilines is 1. The van der Waals surface area contributed by atoms with Gasteiger partial charge in [-0.1, -0.05) is 12.1 Å². The summed E-state index contributed by atoms with van der Waals surface area (Å²) in [6.45, 7) is 0.0261. The maximum absolute atomic E-state index is 14.0. The number of hydrogen-bond donors (Lipinski definition) is 2. The summed E-state index contributed by atoms with van der Waals surface area (Å²) in [5, 5.41) is 6.45. The van der Waals surface area contributed by atoms with Crippen LogP contribution in [0.15, 0.2) is 42.5 Å². The van der Waals surface area contributed by atoms with Crippen molar-refractivity contribution < 1.29 is 31.5 Å². The molecule has 1 aromatic heterocycles. The van der Waals surface area contributed by atoms with Crippen molar-refractivity contribution in [2.75, 3.05) is 11.9 Å². The molecule has 4 rings (SSSR count). The fraction of sp³-hybridized carbons (Fsp3) is 0.190. The van der Waals surface area contributed by atoms with Crippen molar-refractivity contribution in [2.45, 2.75) is 19.3 Å². The number of rotatable bonds is 3. The van der Waals surface area contributed by atoms with E-state index in [1.54, 1.807) is 6.07 Å². The number of fused-ring (bicyclic) bond motifs is 1. The quantitative estimate of drug-likeness (QED) is 0.573. The Morgan fingerprint density at radius 3 is 2.48 bits per heavy atom. The van der Waals surface area contributed by atoms with E-state index >= 15 is 0 Å². The van der Waals surface area contributed by atoms with Gasteiger partial charge in [0.15, 0.2) is 0 Å². The molecule has 12 heteroatoms. The lowest BCUT2D eigenvalue weighted by molar-refractivity contribution is -0.137. The second kappa shape index (κ2) is 8.19. The van der Waals surface area contributed by atoms with Crippen LogP contribution in [0.3, 0.4) is 0 Å². The smallest absolute Gasteiger partial charge is 0.365 e. The van der Waals surface area contributed by atoms with Gasteiger partial charge < -0.3 is 16.0 Å². The fourth-order valence-corrected chi connectivity index (χ4v) is 3.58. The van der Waals surface area contributed by atoms with Gasteiger partial charge in [-0.15, -0.1) is 0 Å². The van der Waals surface area contributed by atoms with Crippen molar-refractivity contribution in [2.24, 2.45) is 5.73 Å². The molecule has 1 aliphatic heterocycles. The first-order valence-corrected chi connectivity index (χ1v) is 9.62. The molecule has 0 aliphatic carbocycles. The maximum atomic E-state index is 14.0. The topological polar surface area (TPSA) is 93.2 Å². The number of carbonyl (C=O) groups excluding carboxylic acids is 2. The van der Waals surface area contributed by atoms with Crippen molar-refractivity contribution in [1.29, 1.82) is 0 Å². The van der Waals surface area contributed by atoms with Gasteiger partial charge in [-0.05, 0) is 30.3 Å². The Morgan fingerprint density at radius 2 is 1.82 bits per heavy atom. The minimum atomic E-state index is -4.71. The molecule has 3 amide bonds. The monoisotopic (exact) mass is 465 g/mol. The van der Waals surface area contributed by atoms with Crippen LogP contribution in [0.1, 0.15) is 21.6 Å². The maximum Gasteiger partial charge on any atom is 0.416 e. The van der Waals surface area contributed by atoms with E-state index in [-0.39, 0.29) is 36.6 Å². The van der Waals surface area contributed by atoms with Gasteiger partial charge in [-0.3, -0.25) is 9.48 Å². The number of carbonyl (C=O) groups is 2. The molecule has 3 N–H and O–H groups in total.